The Morgan fingerprint density at radius 2 is 2.00 bits per heavy atom. The van der Waals surface area contributed by atoms with Gasteiger partial charge in [0.25, 0.3) is 0 Å². The molecule has 0 unspecified atom stereocenters. The van der Waals surface area contributed by atoms with Gasteiger partial charge in [-0.05, 0) is 24.6 Å². The zero-order chi connectivity index (χ0) is 14.3. The lowest BCUT2D eigenvalue weighted by Gasteiger charge is -2.12. The Morgan fingerprint density at radius 3 is 2.63 bits per heavy atom. The van der Waals surface area contributed by atoms with E-state index in [2.05, 4.69) is 12.2 Å². The second-order valence-corrected chi connectivity index (χ2v) is 4.49. The predicted octanol–water partition coefficient (Wildman–Crippen LogP) is 4.59. The van der Waals surface area contributed by atoms with E-state index in [0.29, 0.717) is 19.8 Å². The maximum absolute atomic E-state index is 12.5. The van der Waals surface area contributed by atoms with Crippen LogP contribution >= 0.6 is 11.6 Å². The normalized spacial score (nSPS) is 11.6. The van der Waals surface area contributed by atoms with Crippen LogP contribution in [0.1, 0.15) is 25.3 Å². The summed E-state index contributed by atoms with van der Waals surface area (Å²) in [5.74, 6) is 0. The topological polar surface area (TPSA) is 21.3 Å². The van der Waals surface area contributed by atoms with E-state index in [9.17, 15) is 13.2 Å². The van der Waals surface area contributed by atoms with Gasteiger partial charge in [0.15, 0.2) is 0 Å². The molecule has 0 fully saturated rings. The lowest BCUT2D eigenvalue weighted by atomic mass is 10.2. The van der Waals surface area contributed by atoms with Crippen LogP contribution in [0.3, 0.4) is 0 Å². The molecule has 1 aromatic carbocycles. The maximum atomic E-state index is 12.5. The number of nitrogens with one attached hydrogen (secondary N) is 1. The highest BCUT2D eigenvalue weighted by Gasteiger charge is 2.30. The van der Waals surface area contributed by atoms with Gasteiger partial charge >= 0.3 is 6.18 Å². The average Bonchev–Trinajstić information content (AvgIpc) is 2.34. The van der Waals surface area contributed by atoms with Crippen molar-refractivity contribution in [2.75, 3.05) is 25.1 Å². The third kappa shape index (κ3) is 5.70. The fourth-order valence-corrected chi connectivity index (χ4v) is 1.63. The smallest absolute Gasteiger partial charge is 0.382 e. The van der Waals surface area contributed by atoms with Gasteiger partial charge in [-0.1, -0.05) is 24.9 Å². The number of ether oxygens (including phenoxy) is 1. The maximum Gasteiger partial charge on any atom is 0.416 e. The summed E-state index contributed by atoms with van der Waals surface area (Å²) in [7, 11) is 0. The summed E-state index contributed by atoms with van der Waals surface area (Å²) in [5.41, 5.74) is -0.443. The number of benzene rings is 1. The van der Waals surface area contributed by atoms with E-state index in [1.165, 1.54) is 6.07 Å². The fourth-order valence-electron chi connectivity index (χ4n) is 1.44. The van der Waals surface area contributed by atoms with E-state index in [-0.39, 0.29) is 10.7 Å². The largest absolute Gasteiger partial charge is 0.416 e. The molecule has 6 heteroatoms. The van der Waals surface area contributed by atoms with Crippen molar-refractivity contribution >= 4 is 17.3 Å². The Bertz CT molecular complexity index is 396. The summed E-state index contributed by atoms with van der Waals surface area (Å²) in [4.78, 5) is 0. The first-order chi connectivity index (χ1) is 8.95. The monoisotopic (exact) mass is 295 g/mol. The third-order valence-corrected chi connectivity index (χ3v) is 2.83. The Kier molecular flexibility index (Phi) is 6.45. The third-order valence-electron chi connectivity index (χ3n) is 2.50. The molecule has 0 atom stereocenters. The number of hydrogen-bond donors (Lipinski definition) is 1. The quantitative estimate of drug-likeness (QED) is 0.743. The second-order valence-electron chi connectivity index (χ2n) is 4.09. The van der Waals surface area contributed by atoms with Gasteiger partial charge in [0.05, 0.1) is 22.9 Å². The van der Waals surface area contributed by atoms with Crippen molar-refractivity contribution < 1.29 is 17.9 Å². The Labute approximate surface area is 115 Å². The van der Waals surface area contributed by atoms with Crippen molar-refractivity contribution in [2.45, 2.75) is 25.9 Å². The van der Waals surface area contributed by atoms with Gasteiger partial charge in [0, 0.05) is 13.2 Å². The highest BCUT2D eigenvalue weighted by molar-refractivity contribution is 6.33. The molecule has 0 aliphatic rings. The van der Waals surface area contributed by atoms with Crippen molar-refractivity contribution in [2.24, 2.45) is 0 Å². The Hall–Kier alpha value is -0.940. The molecular weight excluding hydrogens is 279 g/mol. The summed E-state index contributed by atoms with van der Waals surface area (Å²) in [6, 6.07) is 3.21. The molecule has 0 bridgehead atoms. The first-order valence-corrected chi connectivity index (χ1v) is 6.51. The minimum Gasteiger partial charge on any atom is -0.382 e. The SMILES string of the molecule is CCCCOCCNc1cc(C(F)(F)F)ccc1Cl. The van der Waals surface area contributed by atoms with E-state index in [4.69, 9.17) is 16.3 Å². The van der Waals surface area contributed by atoms with Crippen molar-refractivity contribution in [3.05, 3.63) is 28.8 Å². The molecule has 0 aromatic heterocycles. The number of unbranched alkanes of at least 4 members (excludes halogenated alkanes) is 1. The van der Waals surface area contributed by atoms with Crippen LogP contribution in [0.15, 0.2) is 18.2 Å². The van der Waals surface area contributed by atoms with Crippen molar-refractivity contribution in [1.82, 2.24) is 0 Å². The molecule has 0 aliphatic heterocycles. The highest BCUT2D eigenvalue weighted by Crippen LogP contribution is 2.33. The van der Waals surface area contributed by atoms with Crippen LogP contribution in [0.25, 0.3) is 0 Å². The van der Waals surface area contributed by atoms with Crippen molar-refractivity contribution in [3.63, 3.8) is 0 Å². The summed E-state index contributed by atoms with van der Waals surface area (Å²) in [5, 5.41) is 3.11. The zero-order valence-corrected chi connectivity index (χ0v) is 11.4. The fraction of sp³-hybridized carbons (Fsp3) is 0.538. The molecule has 108 valence electrons. The Morgan fingerprint density at radius 1 is 1.26 bits per heavy atom. The molecule has 0 aliphatic carbocycles. The molecule has 0 saturated heterocycles. The van der Waals surface area contributed by atoms with Crippen LogP contribution in [0.4, 0.5) is 18.9 Å². The van der Waals surface area contributed by atoms with Crippen LogP contribution in [0.5, 0.6) is 0 Å². The number of alkyl halides is 3. The van der Waals surface area contributed by atoms with Gasteiger partial charge in [-0.15, -0.1) is 0 Å². The molecule has 1 aromatic rings. The highest BCUT2D eigenvalue weighted by atomic mass is 35.5. The minimum atomic E-state index is -4.36. The molecular formula is C13H17ClF3NO. The molecule has 1 N–H and O–H groups in total. The number of rotatable bonds is 7. The number of halogens is 4. The number of hydrogen-bond acceptors (Lipinski definition) is 2. The van der Waals surface area contributed by atoms with Crippen LogP contribution in [-0.4, -0.2) is 19.8 Å². The zero-order valence-electron chi connectivity index (χ0n) is 10.7. The van der Waals surface area contributed by atoms with E-state index in [0.717, 1.165) is 25.0 Å². The minimum absolute atomic E-state index is 0.265. The van der Waals surface area contributed by atoms with E-state index in [1.54, 1.807) is 0 Å². The summed E-state index contributed by atoms with van der Waals surface area (Å²) in [6.07, 6.45) is -2.34. The van der Waals surface area contributed by atoms with Crippen LogP contribution < -0.4 is 5.32 Å². The standard InChI is InChI=1S/C13H17ClF3NO/c1-2-3-7-19-8-6-18-12-9-10(13(15,16)17)4-5-11(12)14/h4-5,9,18H,2-3,6-8H2,1H3. The van der Waals surface area contributed by atoms with Crippen molar-refractivity contribution in [1.29, 1.82) is 0 Å². The summed E-state index contributed by atoms with van der Waals surface area (Å²) in [6.45, 7) is 3.58. The van der Waals surface area contributed by atoms with E-state index >= 15 is 0 Å². The van der Waals surface area contributed by atoms with E-state index < -0.39 is 11.7 Å². The first-order valence-electron chi connectivity index (χ1n) is 6.13. The molecule has 0 heterocycles. The lowest BCUT2D eigenvalue weighted by molar-refractivity contribution is -0.137. The first kappa shape index (κ1) is 16.1. The molecule has 0 spiro atoms. The average molecular weight is 296 g/mol. The van der Waals surface area contributed by atoms with E-state index in [1.807, 2.05) is 0 Å². The summed E-state index contributed by atoms with van der Waals surface area (Å²) >= 11 is 5.84. The van der Waals surface area contributed by atoms with Gasteiger partial charge in [-0.3, -0.25) is 0 Å². The molecule has 19 heavy (non-hydrogen) atoms. The van der Waals surface area contributed by atoms with Gasteiger partial charge in [0.2, 0.25) is 0 Å². The summed E-state index contributed by atoms with van der Waals surface area (Å²) < 4.78 is 42.9. The molecule has 0 radical (unpaired) electrons. The molecule has 0 amide bonds. The predicted molar refractivity (Wildman–Crippen MR) is 70.7 cm³/mol. The molecule has 0 saturated carbocycles. The van der Waals surface area contributed by atoms with Gasteiger partial charge in [-0.2, -0.15) is 13.2 Å². The van der Waals surface area contributed by atoms with Gasteiger partial charge < -0.3 is 10.1 Å². The van der Waals surface area contributed by atoms with Gasteiger partial charge in [-0.25, -0.2) is 0 Å². The van der Waals surface area contributed by atoms with Crippen molar-refractivity contribution in [3.8, 4) is 0 Å². The van der Waals surface area contributed by atoms with Crippen LogP contribution in [0.2, 0.25) is 5.02 Å². The second kappa shape index (κ2) is 7.60. The molecule has 2 nitrogen and oxygen atoms in total. The van der Waals surface area contributed by atoms with Crippen LogP contribution in [-0.2, 0) is 10.9 Å². The van der Waals surface area contributed by atoms with Gasteiger partial charge in [0.1, 0.15) is 0 Å². The lowest BCUT2D eigenvalue weighted by Crippen LogP contribution is -2.11. The number of anilines is 1. The Balaban J connectivity index is 2.49. The van der Waals surface area contributed by atoms with Crippen LogP contribution in [0, 0.1) is 0 Å². The molecule has 1 rings (SSSR count).